The summed E-state index contributed by atoms with van der Waals surface area (Å²) < 4.78 is 6.26. The molecular formula is C16H10Cl2IN3O3. The summed E-state index contributed by atoms with van der Waals surface area (Å²) in [5.41, 5.74) is 0.898. The minimum absolute atomic E-state index is 0.157. The van der Waals surface area contributed by atoms with E-state index < -0.39 is 5.91 Å². The minimum atomic E-state index is -0.620. The van der Waals surface area contributed by atoms with E-state index in [1.165, 1.54) is 6.07 Å². The molecule has 3 rings (SSSR count). The van der Waals surface area contributed by atoms with Crippen molar-refractivity contribution in [2.75, 3.05) is 6.61 Å². The van der Waals surface area contributed by atoms with Crippen LogP contribution in [-0.4, -0.2) is 22.6 Å². The third-order valence-electron chi connectivity index (χ3n) is 3.22. The minimum Gasteiger partial charge on any atom is -0.493 e. The van der Waals surface area contributed by atoms with Gasteiger partial charge in [0, 0.05) is 14.0 Å². The zero-order valence-corrected chi connectivity index (χ0v) is 16.1. The van der Waals surface area contributed by atoms with Crippen LogP contribution in [0.2, 0.25) is 10.0 Å². The van der Waals surface area contributed by atoms with E-state index in [0.29, 0.717) is 26.7 Å². The number of H-pyrrole nitrogens is 1. The lowest BCUT2D eigenvalue weighted by Crippen LogP contribution is -2.08. The van der Waals surface area contributed by atoms with Crippen molar-refractivity contribution in [2.45, 2.75) is 0 Å². The lowest BCUT2D eigenvalue weighted by Gasteiger charge is -2.05. The zero-order chi connectivity index (χ0) is 18.0. The van der Waals surface area contributed by atoms with Crippen molar-refractivity contribution in [3.05, 3.63) is 50.0 Å². The average molecular weight is 490 g/mol. The second-order valence-electron chi connectivity index (χ2n) is 4.97. The van der Waals surface area contributed by atoms with Crippen molar-refractivity contribution in [1.82, 2.24) is 4.98 Å². The number of azo groups is 1. The lowest BCUT2D eigenvalue weighted by molar-refractivity contribution is -0.120. The van der Waals surface area contributed by atoms with E-state index in [2.05, 4.69) is 37.8 Å². The first-order chi connectivity index (χ1) is 11.9. The Morgan fingerprint density at radius 2 is 2.04 bits per heavy atom. The summed E-state index contributed by atoms with van der Waals surface area (Å²) in [7, 11) is 0. The number of nitrogens with one attached hydrogen (secondary N) is 1. The molecule has 0 spiro atoms. The van der Waals surface area contributed by atoms with Crippen LogP contribution in [0.15, 0.2) is 46.6 Å². The molecule has 1 heterocycles. The molecule has 2 aromatic carbocycles. The maximum atomic E-state index is 11.9. The van der Waals surface area contributed by atoms with E-state index in [-0.39, 0.29) is 18.2 Å². The van der Waals surface area contributed by atoms with Gasteiger partial charge in [0.05, 0.1) is 10.5 Å². The Kier molecular flexibility index (Phi) is 5.45. The van der Waals surface area contributed by atoms with Crippen LogP contribution in [0.5, 0.6) is 11.6 Å². The van der Waals surface area contributed by atoms with Crippen molar-refractivity contribution in [2.24, 2.45) is 10.2 Å². The fraction of sp³-hybridized carbons (Fsp3) is 0.0625. The highest BCUT2D eigenvalue weighted by molar-refractivity contribution is 14.1. The SMILES string of the molecule is O=C(COc1ccc(Cl)cc1Cl)N=Nc1c(O)[nH]c2ccc(I)cc12. The first-order valence-electron chi connectivity index (χ1n) is 6.96. The van der Waals surface area contributed by atoms with Crippen molar-refractivity contribution in [3.8, 4) is 11.6 Å². The van der Waals surface area contributed by atoms with Gasteiger partial charge in [-0.1, -0.05) is 23.2 Å². The molecule has 25 heavy (non-hydrogen) atoms. The zero-order valence-electron chi connectivity index (χ0n) is 12.5. The van der Waals surface area contributed by atoms with E-state index in [4.69, 9.17) is 27.9 Å². The molecule has 0 aliphatic rings. The number of aromatic amines is 1. The number of carbonyl (C=O) groups is 1. The maximum absolute atomic E-state index is 11.9. The highest BCUT2D eigenvalue weighted by Gasteiger charge is 2.12. The van der Waals surface area contributed by atoms with Crippen LogP contribution in [0, 0.1) is 3.57 Å². The molecule has 0 aliphatic carbocycles. The fourth-order valence-corrected chi connectivity index (χ4v) is 3.06. The number of nitrogens with zero attached hydrogens (tertiary/aromatic N) is 2. The van der Waals surface area contributed by atoms with Crippen molar-refractivity contribution < 1.29 is 14.6 Å². The van der Waals surface area contributed by atoms with Crippen LogP contribution in [0.4, 0.5) is 5.69 Å². The van der Waals surface area contributed by atoms with E-state index in [1.54, 1.807) is 12.1 Å². The van der Waals surface area contributed by atoms with Gasteiger partial charge in [-0.2, -0.15) is 0 Å². The van der Waals surface area contributed by atoms with Gasteiger partial charge in [0.15, 0.2) is 12.3 Å². The fourth-order valence-electron chi connectivity index (χ4n) is 2.10. The van der Waals surface area contributed by atoms with Crippen molar-refractivity contribution >= 4 is 68.3 Å². The number of fused-ring (bicyclic) bond motifs is 1. The smallest absolute Gasteiger partial charge is 0.302 e. The van der Waals surface area contributed by atoms with Gasteiger partial charge in [0.1, 0.15) is 5.75 Å². The van der Waals surface area contributed by atoms with Crippen LogP contribution in [0.1, 0.15) is 0 Å². The van der Waals surface area contributed by atoms with Crippen LogP contribution in [-0.2, 0) is 4.79 Å². The largest absolute Gasteiger partial charge is 0.493 e. The number of halogens is 3. The highest BCUT2D eigenvalue weighted by atomic mass is 127. The molecule has 128 valence electrons. The van der Waals surface area contributed by atoms with E-state index in [0.717, 1.165) is 3.57 Å². The van der Waals surface area contributed by atoms with Crippen LogP contribution < -0.4 is 4.74 Å². The third kappa shape index (κ3) is 4.23. The van der Waals surface area contributed by atoms with Crippen molar-refractivity contribution in [3.63, 3.8) is 0 Å². The number of aromatic hydroxyl groups is 1. The number of hydrogen-bond acceptors (Lipinski definition) is 4. The molecule has 0 unspecified atom stereocenters. The number of hydrogen-bond donors (Lipinski definition) is 2. The molecule has 0 bridgehead atoms. The van der Waals surface area contributed by atoms with Gasteiger partial charge in [-0.25, -0.2) is 0 Å². The Hall–Kier alpha value is -1.84. The summed E-state index contributed by atoms with van der Waals surface area (Å²) in [5.74, 6) is -0.459. The normalized spacial score (nSPS) is 11.3. The topological polar surface area (TPSA) is 87.0 Å². The Labute approximate surface area is 165 Å². The summed E-state index contributed by atoms with van der Waals surface area (Å²) >= 11 is 13.9. The molecule has 1 amide bonds. The summed E-state index contributed by atoms with van der Waals surface area (Å²) in [6.07, 6.45) is 0. The molecule has 0 radical (unpaired) electrons. The molecule has 3 aromatic rings. The van der Waals surface area contributed by atoms with Gasteiger partial charge in [-0.05, 0) is 59.0 Å². The number of benzene rings is 2. The van der Waals surface area contributed by atoms with Gasteiger partial charge >= 0.3 is 5.91 Å². The van der Waals surface area contributed by atoms with E-state index in [1.807, 2.05) is 18.2 Å². The number of rotatable bonds is 4. The molecule has 1 aromatic heterocycles. The monoisotopic (exact) mass is 489 g/mol. The molecule has 6 nitrogen and oxygen atoms in total. The molecule has 0 atom stereocenters. The van der Waals surface area contributed by atoms with E-state index >= 15 is 0 Å². The summed E-state index contributed by atoms with van der Waals surface area (Å²) in [5, 5.41) is 18.8. The maximum Gasteiger partial charge on any atom is 0.302 e. The highest BCUT2D eigenvalue weighted by Crippen LogP contribution is 2.36. The first kappa shape index (κ1) is 18.0. The first-order valence-corrected chi connectivity index (χ1v) is 8.80. The number of aromatic nitrogens is 1. The number of carbonyl (C=O) groups excluding carboxylic acids is 1. The standard InChI is InChI=1S/C16H10Cl2IN3O3/c17-8-1-4-13(11(18)5-8)25-7-14(23)21-22-15-10-6-9(19)2-3-12(10)20-16(15)24/h1-6,20,24H,7H2. The Morgan fingerprint density at radius 3 is 2.80 bits per heavy atom. The average Bonchev–Trinajstić information content (AvgIpc) is 2.87. The van der Waals surface area contributed by atoms with Gasteiger partial charge in [0.2, 0.25) is 5.88 Å². The van der Waals surface area contributed by atoms with Crippen LogP contribution >= 0.6 is 45.8 Å². The van der Waals surface area contributed by atoms with Gasteiger partial charge in [-0.15, -0.1) is 10.2 Å². The van der Waals surface area contributed by atoms with E-state index in [9.17, 15) is 9.90 Å². The molecule has 9 heteroatoms. The Bertz CT molecular complexity index is 988. The van der Waals surface area contributed by atoms with Crippen LogP contribution in [0.25, 0.3) is 10.9 Å². The van der Waals surface area contributed by atoms with Crippen molar-refractivity contribution in [1.29, 1.82) is 0 Å². The third-order valence-corrected chi connectivity index (χ3v) is 4.42. The molecule has 2 N–H and O–H groups in total. The Balaban J connectivity index is 1.72. The summed E-state index contributed by atoms with van der Waals surface area (Å²) in [6.45, 7) is -0.342. The van der Waals surface area contributed by atoms with Gasteiger partial charge < -0.3 is 14.8 Å². The second-order valence-corrected chi connectivity index (χ2v) is 7.06. The summed E-state index contributed by atoms with van der Waals surface area (Å²) in [4.78, 5) is 14.6. The molecule has 0 fully saturated rings. The van der Waals surface area contributed by atoms with Gasteiger partial charge in [-0.3, -0.25) is 4.79 Å². The predicted molar refractivity (Wildman–Crippen MR) is 104 cm³/mol. The van der Waals surface area contributed by atoms with Crippen LogP contribution in [0.3, 0.4) is 0 Å². The quantitative estimate of drug-likeness (QED) is 0.376. The second kappa shape index (κ2) is 7.59. The molecule has 0 saturated heterocycles. The lowest BCUT2D eigenvalue weighted by atomic mass is 10.2. The summed E-state index contributed by atoms with van der Waals surface area (Å²) in [6, 6.07) is 10.2. The predicted octanol–water partition coefficient (Wildman–Crippen LogP) is 5.47. The molecule has 0 saturated carbocycles. The number of amides is 1. The molecular weight excluding hydrogens is 480 g/mol. The number of ether oxygens (including phenoxy) is 1. The molecule has 0 aliphatic heterocycles. The van der Waals surface area contributed by atoms with Gasteiger partial charge in [0.25, 0.3) is 0 Å². The Morgan fingerprint density at radius 1 is 1.24 bits per heavy atom.